The van der Waals surface area contributed by atoms with Crippen molar-refractivity contribution in [1.82, 2.24) is 9.80 Å². The van der Waals surface area contributed by atoms with Crippen LogP contribution in [0, 0.1) is 5.92 Å². The Balaban J connectivity index is 2.51. The maximum absolute atomic E-state index is 11.5. The monoisotopic (exact) mass is 184 g/mol. The molecule has 2 amide bonds. The highest BCUT2D eigenvalue weighted by atomic mass is 16.2. The fourth-order valence-corrected chi connectivity index (χ4v) is 1.58. The molecule has 0 N–H and O–H groups in total. The van der Waals surface area contributed by atoms with Gasteiger partial charge in [0.1, 0.15) is 6.29 Å². The van der Waals surface area contributed by atoms with Crippen LogP contribution in [0.25, 0.3) is 0 Å². The van der Waals surface area contributed by atoms with Crippen molar-refractivity contribution in [3.05, 3.63) is 0 Å². The molecule has 1 unspecified atom stereocenters. The topological polar surface area (TPSA) is 40.6 Å². The number of rotatable bonds is 1. The van der Waals surface area contributed by atoms with Crippen molar-refractivity contribution in [2.75, 3.05) is 27.2 Å². The van der Waals surface area contributed by atoms with E-state index in [0.29, 0.717) is 6.54 Å². The Bertz CT molecular complexity index is 204. The summed E-state index contributed by atoms with van der Waals surface area (Å²) in [5, 5.41) is 0. The smallest absolute Gasteiger partial charge is 0.319 e. The number of urea groups is 1. The molecule has 1 aliphatic heterocycles. The molecule has 0 aromatic carbocycles. The van der Waals surface area contributed by atoms with Gasteiger partial charge in [0.05, 0.1) is 0 Å². The first-order chi connectivity index (χ1) is 6.15. The van der Waals surface area contributed by atoms with Crippen molar-refractivity contribution in [1.29, 1.82) is 0 Å². The Labute approximate surface area is 78.5 Å². The standard InChI is InChI=1S/C9H16N2O2/c1-10(2)9(13)11-5-3-4-8(6-11)7-12/h7-8H,3-6H2,1-2H3. The molecule has 0 radical (unpaired) electrons. The van der Waals surface area contributed by atoms with E-state index in [0.717, 1.165) is 25.7 Å². The van der Waals surface area contributed by atoms with E-state index in [1.165, 1.54) is 0 Å². The molecule has 0 saturated carbocycles. The first kappa shape index (κ1) is 10.0. The normalized spacial score (nSPS) is 22.6. The van der Waals surface area contributed by atoms with Gasteiger partial charge < -0.3 is 14.6 Å². The van der Waals surface area contributed by atoms with Gasteiger partial charge in [-0.15, -0.1) is 0 Å². The number of carbonyl (C=O) groups is 2. The molecule has 1 aliphatic rings. The number of hydrogen-bond acceptors (Lipinski definition) is 2. The van der Waals surface area contributed by atoms with Gasteiger partial charge in [0.25, 0.3) is 0 Å². The van der Waals surface area contributed by atoms with Crippen LogP contribution in [0.15, 0.2) is 0 Å². The van der Waals surface area contributed by atoms with Crippen molar-refractivity contribution in [3.63, 3.8) is 0 Å². The number of amides is 2. The minimum absolute atomic E-state index is 0.00606. The van der Waals surface area contributed by atoms with Crippen LogP contribution in [-0.4, -0.2) is 49.3 Å². The number of piperidine rings is 1. The third-order valence-corrected chi connectivity index (χ3v) is 2.30. The first-order valence-electron chi connectivity index (χ1n) is 4.56. The van der Waals surface area contributed by atoms with Gasteiger partial charge in [0.15, 0.2) is 0 Å². The van der Waals surface area contributed by atoms with Crippen LogP contribution in [0.2, 0.25) is 0 Å². The second kappa shape index (κ2) is 4.25. The summed E-state index contributed by atoms with van der Waals surface area (Å²) in [5.41, 5.74) is 0. The van der Waals surface area contributed by atoms with E-state index in [4.69, 9.17) is 0 Å². The van der Waals surface area contributed by atoms with Crippen LogP contribution in [0.5, 0.6) is 0 Å². The fourth-order valence-electron chi connectivity index (χ4n) is 1.58. The number of aldehydes is 1. The molecule has 0 aromatic rings. The highest BCUT2D eigenvalue weighted by Gasteiger charge is 2.23. The summed E-state index contributed by atoms with van der Waals surface area (Å²) in [6.45, 7) is 1.36. The summed E-state index contributed by atoms with van der Waals surface area (Å²) in [4.78, 5) is 25.3. The lowest BCUT2D eigenvalue weighted by Crippen LogP contribution is -2.45. The largest absolute Gasteiger partial charge is 0.331 e. The second-order valence-corrected chi connectivity index (χ2v) is 3.66. The molecular weight excluding hydrogens is 168 g/mol. The molecule has 0 spiro atoms. The van der Waals surface area contributed by atoms with E-state index in [-0.39, 0.29) is 11.9 Å². The maximum atomic E-state index is 11.5. The highest BCUT2D eigenvalue weighted by Crippen LogP contribution is 2.14. The van der Waals surface area contributed by atoms with Crippen LogP contribution in [0.1, 0.15) is 12.8 Å². The molecule has 0 aromatic heterocycles. The van der Waals surface area contributed by atoms with Crippen molar-refractivity contribution in [2.45, 2.75) is 12.8 Å². The Morgan fingerprint density at radius 3 is 2.77 bits per heavy atom. The molecule has 1 fully saturated rings. The molecule has 13 heavy (non-hydrogen) atoms. The van der Waals surface area contributed by atoms with Gasteiger partial charge in [-0.25, -0.2) is 4.79 Å². The van der Waals surface area contributed by atoms with Crippen LogP contribution in [0.3, 0.4) is 0 Å². The van der Waals surface area contributed by atoms with E-state index in [1.807, 2.05) is 0 Å². The lowest BCUT2D eigenvalue weighted by molar-refractivity contribution is -0.112. The Morgan fingerprint density at radius 2 is 2.23 bits per heavy atom. The quantitative estimate of drug-likeness (QED) is 0.559. The van der Waals surface area contributed by atoms with E-state index in [2.05, 4.69) is 0 Å². The molecule has 4 nitrogen and oxygen atoms in total. The molecule has 1 saturated heterocycles. The summed E-state index contributed by atoms with van der Waals surface area (Å²) in [6, 6.07) is 0.00606. The number of nitrogens with zero attached hydrogens (tertiary/aromatic N) is 2. The van der Waals surface area contributed by atoms with Gasteiger partial charge >= 0.3 is 6.03 Å². The number of carbonyl (C=O) groups excluding carboxylic acids is 2. The van der Waals surface area contributed by atoms with Crippen LogP contribution < -0.4 is 0 Å². The van der Waals surface area contributed by atoms with Gasteiger partial charge in [0, 0.05) is 33.1 Å². The summed E-state index contributed by atoms with van der Waals surface area (Å²) in [5.74, 6) is 0.0395. The Hall–Kier alpha value is -1.06. The summed E-state index contributed by atoms with van der Waals surface area (Å²) in [6.07, 6.45) is 2.80. The van der Waals surface area contributed by atoms with Gasteiger partial charge in [-0.1, -0.05) is 0 Å². The molecule has 1 atom stereocenters. The van der Waals surface area contributed by atoms with Crippen LogP contribution >= 0.6 is 0 Å². The zero-order chi connectivity index (χ0) is 9.84. The van der Waals surface area contributed by atoms with Crippen molar-refractivity contribution in [2.24, 2.45) is 5.92 Å². The van der Waals surface area contributed by atoms with Crippen molar-refractivity contribution >= 4 is 12.3 Å². The zero-order valence-corrected chi connectivity index (χ0v) is 8.19. The zero-order valence-electron chi connectivity index (χ0n) is 8.19. The summed E-state index contributed by atoms with van der Waals surface area (Å²) in [7, 11) is 3.46. The van der Waals surface area contributed by atoms with E-state index < -0.39 is 0 Å². The maximum Gasteiger partial charge on any atom is 0.319 e. The molecule has 4 heteroatoms. The average Bonchev–Trinajstić information content (AvgIpc) is 2.16. The van der Waals surface area contributed by atoms with Gasteiger partial charge in [-0.2, -0.15) is 0 Å². The fraction of sp³-hybridized carbons (Fsp3) is 0.778. The third kappa shape index (κ3) is 2.44. The average molecular weight is 184 g/mol. The third-order valence-electron chi connectivity index (χ3n) is 2.30. The molecule has 1 heterocycles. The molecule has 74 valence electrons. The molecule has 0 bridgehead atoms. The van der Waals surface area contributed by atoms with E-state index in [9.17, 15) is 9.59 Å². The van der Waals surface area contributed by atoms with Gasteiger partial charge in [-0.05, 0) is 12.8 Å². The second-order valence-electron chi connectivity index (χ2n) is 3.66. The van der Waals surface area contributed by atoms with Crippen molar-refractivity contribution < 1.29 is 9.59 Å². The lowest BCUT2D eigenvalue weighted by Gasteiger charge is -2.32. The SMILES string of the molecule is CN(C)C(=O)N1CCCC(C=O)C1. The lowest BCUT2D eigenvalue weighted by atomic mass is 10.0. The van der Waals surface area contributed by atoms with E-state index >= 15 is 0 Å². The highest BCUT2D eigenvalue weighted by molar-refractivity contribution is 5.74. The molecule has 1 rings (SSSR count). The van der Waals surface area contributed by atoms with Crippen LogP contribution in [0.4, 0.5) is 4.79 Å². The van der Waals surface area contributed by atoms with Crippen LogP contribution in [-0.2, 0) is 4.79 Å². The molecular formula is C9H16N2O2. The number of likely N-dealkylation sites (tertiary alicyclic amines) is 1. The van der Waals surface area contributed by atoms with E-state index in [1.54, 1.807) is 23.9 Å². The summed E-state index contributed by atoms with van der Waals surface area (Å²) >= 11 is 0. The first-order valence-corrected chi connectivity index (χ1v) is 4.56. The minimum atomic E-state index is 0.00606. The predicted octanol–water partition coefficient (Wildman–Crippen LogP) is 0.579. The summed E-state index contributed by atoms with van der Waals surface area (Å²) < 4.78 is 0. The van der Waals surface area contributed by atoms with Gasteiger partial charge in [0.2, 0.25) is 0 Å². The van der Waals surface area contributed by atoms with Crippen molar-refractivity contribution in [3.8, 4) is 0 Å². The molecule has 0 aliphatic carbocycles. The Kier molecular flexibility index (Phi) is 3.28. The van der Waals surface area contributed by atoms with Gasteiger partial charge in [-0.3, -0.25) is 0 Å². The minimum Gasteiger partial charge on any atom is -0.331 e. The number of hydrogen-bond donors (Lipinski definition) is 0. The predicted molar refractivity (Wildman–Crippen MR) is 49.4 cm³/mol. The Morgan fingerprint density at radius 1 is 1.54 bits per heavy atom.